The van der Waals surface area contributed by atoms with Gasteiger partial charge in [0.25, 0.3) is 0 Å². The summed E-state index contributed by atoms with van der Waals surface area (Å²) in [5.41, 5.74) is 4.21. The van der Waals surface area contributed by atoms with Crippen LogP contribution in [0.4, 0.5) is 17.6 Å². The van der Waals surface area contributed by atoms with E-state index in [1.54, 1.807) is 7.11 Å². The Morgan fingerprint density at radius 1 is 1.14 bits per heavy atom. The molecular formula is C13H18N6O2. The molecule has 0 bridgehead atoms. The molecule has 1 heterocycles. The molecule has 2 rings (SSSR count). The molecule has 0 amide bonds. The first-order chi connectivity index (χ1) is 10.3. The molecule has 0 aliphatic rings. The van der Waals surface area contributed by atoms with Crippen molar-refractivity contribution in [3.63, 3.8) is 0 Å². The minimum atomic E-state index is 0.201. The van der Waals surface area contributed by atoms with Gasteiger partial charge in [-0.2, -0.15) is 15.0 Å². The van der Waals surface area contributed by atoms with Crippen molar-refractivity contribution in [2.24, 2.45) is 5.84 Å². The Hall–Kier alpha value is -2.45. The monoisotopic (exact) mass is 290 g/mol. The largest absolute Gasteiger partial charge is 0.464 e. The van der Waals surface area contributed by atoms with Crippen LogP contribution < -0.4 is 21.3 Å². The Bertz CT molecular complexity index is 593. The van der Waals surface area contributed by atoms with E-state index in [-0.39, 0.29) is 12.0 Å². The van der Waals surface area contributed by atoms with E-state index in [1.807, 2.05) is 31.2 Å². The summed E-state index contributed by atoms with van der Waals surface area (Å²) in [5, 5.41) is 3.11. The first-order valence-corrected chi connectivity index (χ1v) is 6.46. The Balaban J connectivity index is 2.28. The lowest BCUT2D eigenvalue weighted by Gasteiger charge is -2.11. The zero-order chi connectivity index (χ0) is 15.1. The highest BCUT2D eigenvalue weighted by Crippen LogP contribution is 2.21. The lowest BCUT2D eigenvalue weighted by atomic mass is 10.2. The summed E-state index contributed by atoms with van der Waals surface area (Å²) in [5.74, 6) is 5.91. The standard InChI is InChI=1S/C13H18N6O2/c1-3-21-13-17-11(16-12(18-13)19-14)15-10-7-5-4-6-9(10)8-20-2/h4-7H,3,8,14H2,1-2H3,(H2,15,16,17,18,19). The van der Waals surface area contributed by atoms with E-state index in [0.29, 0.717) is 19.2 Å². The van der Waals surface area contributed by atoms with Crippen molar-refractivity contribution in [2.75, 3.05) is 24.5 Å². The smallest absolute Gasteiger partial charge is 0.323 e. The van der Waals surface area contributed by atoms with E-state index in [0.717, 1.165) is 11.3 Å². The molecule has 0 spiro atoms. The highest BCUT2D eigenvalue weighted by molar-refractivity contribution is 5.59. The summed E-state index contributed by atoms with van der Waals surface area (Å²) in [6, 6.07) is 7.92. The summed E-state index contributed by atoms with van der Waals surface area (Å²) in [6.45, 7) is 2.78. The number of hydrazine groups is 1. The lowest BCUT2D eigenvalue weighted by molar-refractivity contribution is 0.185. The number of hydrogen-bond donors (Lipinski definition) is 3. The van der Waals surface area contributed by atoms with Gasteiger partial charge < -0.3 is 14.8 Å². The van der Waals surface area contributed by atoms with E-state index >= 15 is 0 Å². The third-order valence-electron chi connectivity index (χ3n) is 2.58. The van der Waals surface area contributed by atoms with Gasteiger partial charge in [-0.15, -0.1) is 0 Å². The van der Waals surface area contributed by atoms with Crippen LogP contribution in [-0.4, -0.2) is 28.7 Å². The number of anilines is 3. The number of nitrogens with one attached hydrogen (secondary N) is 2. The van der Waals surface area contributed by atoms with Gasteiger partial charge in [-0.3, -0.25) is 5.43 Å². The van der Waals surface area contributed by atoms with Crippen LogP contribution in [-0.2, 0) is 11.3 Å². The molecule has 0 atom stereocenters. The quantitative estimate of drug-likeness (QED) is 0.519. The second kappa shape index (κ2) is 7.36. The number of para-hydroxylation sites is 1. The summed E-state index contributed by atoms with van der Waals surface area (Å²) in [4.78, 5) is 12.3. The molecule has 0 aliphatic carbocycles. The molecule has 2 aromatic rings. The second-order valence-electron chi connectivity index (χ2n) is 4.06. The number of ether oxygens (including phenoxy) is 2. The van der Waals surface area contributed by atoms with Gasteiger partial charge in [0.1, 0.15) is 0 Å². The molecule has 8 heteroatoms. The normalized spacial score (nSPS) is 10.2. The van der Waals surface area contributed by atoms with Crippen LogP contribution in [0.15, 0.2) is 24.3 Å². The molecule has 0 aliphatic heterocycles. The predicted octanol–water partition coefficient (Wildman–Crippen LogP) is 1.45. The van der Waals surface area contributed by atoms with Crippen LogP contribution in [0.2, 0.25) is 0 Å². The van der Waals surface area contributed by atoms with Crippen LogP contribution in [0.25, 0.3) is 0 Å². The maximum Gasteiger partial charge on any atom is 0.323 e. The fourth-order valence-corrected chi connectivity index (χ4v) is 1.71. The molecule has 4 N–H and O–H groups in total. The number of rotatable bonds is 7. The molecule has 112 valence electrons. The Morgan fingerprint density at radius 2 is 1.90 bits per heavy atom. The van der Waals surface area contributed by atoms with Crippen molar-refractivity contribution in [1.82, 2.24) is 15.0 Å². The highest BCUT2D eigenvalue weighted by atomic mass is 16.5. The molecule has 0 fully saturated rings. The van der Waals surface area contributed by atoms with E-state index in [1.165, 1.54) is 0 Å². The molecule has 8 nitrogen and oxygen atoms in total. The van der Waals surface area contributed by atoms with Gasteiger partial charge in [-0.05, 0) is 13.0 Å². The molecule has 0 radical (unpaired) electrons. The first kappa shape index (κ1) is 14.9. The number of nitrogens with zero attached hydrogens (tertiary/aromatic N) is 3. The number of benzene rings is 1. The Kier molecular flexibility index (Phi) is 5.24. The van der Waals surface area contributed by atoms with E-state index in [4.69, 9.17) is 15.3 Å². The van der Waals surface area contributed by atoms with Crippen molar-refractivity contribution in [3.8, 4) is 6.01 Å². The number of aromatic nitrogens is 3. The van der Waals surface area contributed by atoms with Gasteiger partial charge in [0.15, 0.2) is 0 Å². The van der Waals surface area contributed by atoms with Gasteiger partial charge >= 0.3 is 6.01 Å². The highest BCUT2D eigenvalue weighted by Gasteiger charge is 2.09. The summed E-state index contributed by atoms with van der Waals surface area (Å²) in [6.07, 6.45) is 0. The molecule has 0 saturated heterocycles. The minimum absolute atomic E-state index is 0.201. The number of hydrogen-bond acceptors (Lipinski definition) is 8. The molecule has 1 aromatic heterocycles. The van der Waals surface area contributed by atoms with E-state index in [2.05, 4.69) is 25.7 Å². The first-order valence-electron chi connectivity index (χ1n) is 6.46. The van der Waals surface area contributed by atoms with Crippen LogP contribution in [0, 0.1) is 0 Å². The fourth-order valence-electron chi connectivity index (χ4n) is 1.71. The summed E-state index contributed by atoms with van der Waals surface area (Å²) >= 11 is 0. The molecule has 1 aromatic carbocycles. The van der Waals surface area contributed by atoms with E-state index < -0.39 is 0 Å². The average molecular weight is 290 g/mol. The van der Waals surface area contributed by atoms with Gasteiger partial charge in [0, 0.05) is 18.4 Å². The molecule has 0 saturated carbocycles. The fraction of sp³-hybridized carbons (Fsp3) is 0.308. The number of methoxy groups -OCH3 is 1. The summed E-state index contributed by atoms with van der Waals surface area (Å²) < 4.78 is 10.4. The zero-order valence-electron chi connectivity index (χ0n) is 12.0. The maximum absolute atomic E-state index is 5.35. The van der Waals surface area contributed by atoms with Crippen LogP contribution in [0.3, 0.4) is 0 Å². The van der Waals surface area contributed by atoms with Crippen LogP contribution >= 0.6 is 0 Å². The Labute approximate surface area is 122 Å². The molecule has 21 heavy (non-hydrogen) atoms. The van der Waals surface area contributed by atoms with Crippen molar-refractivity contribution in [1.29, 1.82) is 0 Å². The molecule has 0 unspecified atom stereocenters. The van der Waals surface area contributed by atoms with E-state index in [9.17, 15) is 0 Å². The maximum atomic E-state index is 5.35. The van der Waals surface area contributed by atoms with Crippen LogP contribution in [0.1, 0.15) is 12.5 Å². The predicted molar refractivity (Wildman–Crippen MR) is 79.2 cm³/mol. The Morgan fingerprint density at radius 3 is 2.62 bits per heavy atom. The third-order valence-corrected chi connectivity index (χ3v) is 2.58. The van der Waals surface area contributed by atoms with Crippen molar-refractivity contribution < 1.29 is 9.47 Å². The van der Waals surface area contributed by atoms with Crippen molar-refractivity contribution in [3.05, 3.63) is 29.8 Å². The number of nitrogens with two attached hydrogens (primary N) is 1. The SMILES string of the molecule is CCOc1nc(NN)nc(Nc2ccccc2COC)n1. The van der Waals surface area contributed by atoms with Gasteiger partial charge in [-0.25, -0.2) is 5.84 Å². The van der Waals surface area contributed by atoms with Crippen molar-refractivity contribution >= 4 is 17.6 Å². The average Bonchev–Trinajstić information content (AvgIpc) is 2.49. The second-order valence-corrected chi connectivity index (χ2v) is 4.06. The van der Waals surface area contributed by atoms with Gasteiger partial charge in [0.05, 0.1) is 13.2 Å². The topological polar surface area (TPSA) is 107 Å². The van der Waals surface area contributed by atoms with Gasteiger partial charge in [0.2, 0.25) is 11.9 Å². The van der Waals surface area contributed by atoms with Crippen molar-refractivity contribution in [2.45, 2.75) is 13.5 Å². The number of nitrogen functional groups attached to an aromatic ring is 1. The van der Waals surface area contributed by atoms with Crippen LogP contribution in [0.5, 0.6) is 6.01 Å². The lowest BCUT2D eigenvalue weighted by Crippen LogP contribution is -2.13. The molecular weight excluding hydrogens is 272 g/mol. The van der Waals surface area contributed by atoms with Gasteiger partial charge in [-0.1, -0.05) is 18.2 Å². The third kappa shape index (κ3) is 4.01. The summed E-state index contributed by atoms with van der Waals surface area (Å²) in [7, 11) is 1.64. The zero-order valence-corrected chi connectivity index (χ0v) is 12.0. The minimum Gasteiger partial charge on any atom is -0.464 e.